The number of nitrogens with one attached hydrogen (secondary N) is 1. The summed E-state index contributed by atoms with van der Waals surface area (Å²) in [5, 5.41) is 6.42. The lowest BCUT2D eigenvalue weighted by Gasteiger charge is -2.33. The van der Waals surface area contributed by atoms with Crippen LogP contribution in [0.15, 0.2) is 24.3 Å². The predicted molar refractivity (Wildman–Crippen MR) is 117 cm³/mol. The molecule has 1 aromatic heterocycles. The third-order valence-corrected chi connectivity index (χ3v) is 6.03. The van der Waals surface area contributed by atoms with E-state index < -0.39 is 29.3 Å². The smallest absolute Gasteiger partial charge is 0.268 e. The van der Waals surface area contributed by atoms with Gasteiger partial charge in [-0.15, -0.1) is 5.10 Å². The van der Waals surface area contributed by atoms with Gasteiger partial charge >= 0.3 is 0 Å². The van der Waals surface area contributed by atoms with Gasteiger partial charge in [-0.3, -0.25) is 14.3 Å². The van der Waals surface area contributed by atoms with Gasteiger partial charge < -0.3 is 16.0 Å². The summed E-state index contributed by atoms with van der Waals surface area (Å²) in [4.78, 5) is 27.4. The first-order chi connectivity index (χ1) is 14.9. The van der Waals surface area contributed by atoms with Gasteiger partial charge in [0.15, 0.2) is 0 Å². The maximum absolute atomic E-state index is 14.0. The summed E-state index contributed by atoms with van der Waals surface area (Å²) < 4.78 is 28.5. The SMILES string of the molecule is CC(NC(=O)C1CCCN1C(=O)C(N)C(C)(C)C)c1ccc(-c2c(F)c(F)nn2C)cc1. The molecule has 0 spiro atoms. The molecule has 3 unspecified atom stereocenters. The van der Waals surface area contributed by atoms with Gasteiger partial charge in [0, 0.05) is 19.2 Å². The summed E-state index contributed by atoms with van der Waals surface area (Å²) in [5.41, 5.74) is 7.07. The number of rotatable bonds is 5. The first kappa shape index (κ1) is 23.8. The third kappa shape index (κ3) is 4.67. The maximum Gasteiger partial charge on any atom is 0.268 e. The van der Waals surface area contributed by atoms with Gasteiger partial charge in [-0.2, -0.15) is 8.78 Å². The van der Waals surface area contributed by atoms with Crippen LogP contribution in [-0.2, 0) is 16.6 Å². The third-order valence-electron chi connectivity index (χ3n) is 6.03. The van der Waals surface area contributed by atoms with E-state index in [9.17, 15) is 18.4 Å². The van der Waals surface area contributed by atoms with Gasteiger partial charge in [-0.1, -0.05) is 45.0 Å². The van der Waals surface area contributed by atoms with Crippen LogP contribution in [0.1, 0.15) is 52.1 Å². The fourth-order valence-corrected chi connectivity index (χ4v) is 3.95. The number of carbonyl (C=O) groups is 2. The number of nitrogens with two attached hydrogens (primary N) is 1. The van der Waals surface area contributed by atoms with Crippen LogP contribution in [0, 0.1) is 17.2 Å². The molecule has 1 aromatic carbocycles. The summed E-state index contributed by atoms with van der Waals surface area (Å²) in [6.07, 6.45) is 1.34. The summed E-state index contributed by atoms with van der Waals surface area (Å²) in [5.74, 6) is -2.58. The van der Waals surface area contributed by atoms with Crippen LogP contribution in [0.25, 0.3) is 11.3 Å². The number of benzene rings is 1. The van der Waals surface area contributed by atoms with Crippen LogP contribution in [0.3, 0.4) is 0 Å². The van der Waals surface area contributed by atoms with Crippen molar-refractivity contribution in [3.8, 4) is 11.3 Å². The summed E-state index contributed by atoms with van der Waals surface area (Å²) >= 11 is 0. The van der Waals surface area contributed by atoms with Crippen LogP contribution in [-0.4, -0.2) is 45.1 Å². The van der Waals surface area contributed by atoms with Crippen LogP contribution in [0.5, 0.6) is 0 Å². The number of likely N-dealkylation sites (tertiary alicyclic amines) is 1. The number of hydrogen-bond acceptors (Lipinski definition) is 4. The molecule has 2 heterocycles. The lowest BCUT2D eigenvalue weighted by atomic mass is 9.86. The molecule has 2 aromatic rings. The second-order valence-corrected chi connectivity index (χ2v) is 9.46. The zero-order valence-corrected chi connectivity index (χ0v) is 19.2. The van der Waals surface area contributed by atoms with Crippen molar-refractivity contribution in [3.63, 3.8) is 0 Å². The number of carbonyl (C=O) groups excluding carboxylic acids is 2. The molecule has 0 saturated carbocycles. The van der Waals surface area contributed by atoms with E-state index in [2.05, 4.69) is 10.4 Å². The van der Waals surface area contributed by atoms with Crippen LogP contribution >= 0.6 is 0 Å². The van der Waals surface area contributed by atoms with Gasteiger partial charge in [0.1, 0.15) is 11.7 Å². The number of halogens is 2. The standard InChI is InChI=1S/C23H31F2N5O2/c1-13(14-8-10-15(11-9-14)18-17(24)20(25)28-29(18)5)27-21(31)16-7-6-12-30(16)22(32)19(26)23(2,3)4/h8-11,13,16,19H,6-7,12,26H2,1-5H3,(H,27,31). The average molecular weight is 448 g/mol. The van der Waals surface area contributed by atoms with E-state index >= 15 is 0 Å². The molecule has 174 valence electrons. The first-order valence-electron chi connectivity index (χ1n) is 10.8. The number of nitrogens with zero attached hydrogens (tertiary/aromatic N) is 3. The Bertz CT molecular complexity index is 997. The van der Waals surface area contributed by atoms with Gasteiger partial charge in [0.25, 0.3) is 5.95 Å². The zero-order chi connectivity index (χ0) is 23.8. The lowest BCUT2D eigenvalue weighted by Crippen LogP contribution is -2.55. The predicted octanol–water partition coefficient (Wildman–Crippen LogP) is 2.91. The van der Waals surface area contributed by atoms with Crippen LogP contribution in [0.2, 0.25) is 0 Å². The van der Waals surface area contributed by atoms with Crippen molar-refractivity contribution in [3.05, 3.63) is 41.6 Å². The molecule has 1 aliphatic rings. The topological polar surface area (TPSA) is 93.2 Å². The summed E-state index contributed by atoms with van der Waals surface area (Å²) in [7, 11) is 1.47. The van der Waals surface area contributed by atoms with Crippen molar-refractivity contribution in [2.45, 2.75) is 58.7 Å². The van der Waals surface area contributed by atoms with E-state index in [1.807, 2.05) is 27.7 Å². The van der Waals surface area contributed by atoms with Crippen LogP contribution < -0.4 is 11.1 Å². The largest absolute Gasteiger partial charge is 0.348 e. The average Bonchev–Trinajstić information content (AvgIpc) is 3.31. The molecule has 9 heteroatoms. The second kappa shape index (κ2) is 8.97. The Morgan fingerprint density at radius 2 is 1.84 bits per heavy atom. The van der Waals surface area contributed by atoms with Crippen molar-refractivity contribution < 1.29 is 18.4 Å². The summed E-state index contributed by atoms with van der Waals surface area (Å²) in [6, 6.07) is 5.24. The minimum absolute atomic E-state index is 0.0565. The molecule has 32 heavy (non-hydrogen) atoms. The van der Waals surface area contributed by atoms with Crippen molar-refractivity contribution in [2.75, 3.05) is 6.54 Å². The molecule has 1 fully saturated rings. The fourth-order valence-electron chi connectivity index (χ4n) is 3.95. The monoisotopic (exact) mass is 447 g/mol. The summed E-state index contributed by atoms with van der Waals surface area (Å²) in [6.45, 7) is 8.05. The zero-order valence-electron chi connectivity index (χ0n) is 19.2. The van der Waals surface area contributed by atoms with Crippen molar-refractivity contribution in [1.82, 2.24) is 20.0 Å². The van der Waals surface area contributed by atoms with Crippen molar-refractivity contribution in [2.24, 2.45) is 18.2 Å². The molecule has 0 bridgehead atoms. The Balaban J connectivity index is 1.69. The lowest BCUT2D eigenvalue weighted by molar-refractivity contribution is -0.141. The molecular weight excluding hydrogens is 416 g/mol. The highest BCUT2D eigenvalue weighted by Crippen LogP contribution is 2.27. The molecule has 2 amide bonds. The quantitative estimate of drug-likeness (QED) is 0.737. The Morgan fingerprint density at radius 1 is 1.22 bits per heavy atom. The molecule has 0 radical (unpaired) electrons. The number of hydrogen-bond donors (Lipinski definition) is 2. The van der Waals surface area contributed by atoms with Gasteiger partial charge in [-0.05, 0) is 30.7 Å². The maximum atomic E-state index is 14.0. The number of amides is 2. The normalized spacial score (nSPS) is 18.5. The van der Waals surface area contributed by atoms with Gasteiger partial charge in [-0.25, -0.2) is 0 Å². The Hall–Kier alpha value is -2.81. The van der Waals surface area contributed by atoms with E-state index in [-0.39, 0.29) is 23.6 Å². The Morgan fingerprint density at radius 3 is 2.38 bits per heavy atom. The van der Waals surface area contributed by atoms with Crippen LogP contribution in [0.4, 0.5) is 8.78 Å². The fraction of sp³-hybridized carbons (Fsp3) is 0.522. The minimum Gasteiger partial charge on any atom is -0.348 e. The Labute approximate surface area is 187 Å². The Kier molecular flexibility index (Phi) is 6.69. The second-order valence-electron chi connectivity index (χ2n) is 9.46. The molecule has 1 aliphatic heterocycles. The van der Waals surface area contributed by atoms with Crippen molar-refractivity contribution >= 4 is 11.8 Å². The number of aryl methyl sites for hydroxylation is 1. The molecular formula is C23H31F2N5O2. The molecule has 3 rings (SSSR count). The van der Waals surface area contributed by atoms with Crippen molar-refractivity contribution in [1.29, 1.82) is 0 Å². The highest BCUT2D eigenvalue weighted by molar-refractivity contribution is 5.90. The van der Waals surface area contributed by atoms with E-state index in [0.717, 1.165) is 16.7 Å². The molecule has 7 nitrogen and oxygen atoms in total. The molecule has 1 saturated heterocycles. The number of aromatic nitrogens is 2. The molecule has 0 aliphatic carbocycles. The highest BCUT2D eigenvalue weighted by Gasteiger charge is 2.39. The molecule has 3 atom stereocenters. The highest BCUT2D eigenvalue weighted by atomic mass is 19.2. The van der Waals surface area contributed by atoms with E-state index in [1.54, 1.807) is 29.2 Å². The van der Waals surface area contributed by atoms with Gasteiger partial charge in [0.2, 0.25) is 17.6 Å². The first-order valence-corrected chi connectivity index (χ1v) is 10.8. The van der Waals surface area contributed by atoms with Gasteiger partial charge in [0.05, 0.1) is 12.1 Å². The van der Waals surface area contributed by atoms with E-state index in [0.29, 0.717) is 18.5 Å². The van der Waals surface area contributed by atoms with E-state index in [4.69, 9.17) is 5.73 Å². The minimum atomic E-state index is -1.14. The van der Waals surface area contributed by atoms with E-state index in [1.165, 1.54) is 7.05 Å². The molecule has 3 N–H and O–H groups in total.